The van der Waals surface area contributed by atoms with Crippen molar-refractivity contribution in [2.75, 3.05) is 5.73 Å². The molecule has 10 heteroatoms. The Kier molecular flexibility index (Phi) is 9.74. The predicted molar refractivity (Wildman–Crippen MR) is 118 cm³/mol. The summed E-state index contributed by atoms with van der Waals surface area (Å²) in [6.45, 7) is 0.575. The van der Waals surface area contributed by atoms with Crippen molar-refractivity contribution >= 4 is 47.8 Å². The van der Waals surface area contributed by atoms with Gasteiger partial charge in [-0.2, -0.15) is 0 Å². The maximum Gasteiger partial charge on any atom is 0.295 e. The number of halogens is 3. The lowest BCUT2D eigenvalue weighted by Gasteiger charge is -2.20. The van der Waals surface area contributed by atoms with E-state index in [0.717, 1.165) is 18.4 Å². The fourth-order valence-corrected chi connectivity index (χ4v) is 2.87. The van der Waals surface area contributed by atoms with Crippen molar-refractivity contribution in [3.8, 4) is 5.75 Å². The van der Waals surface area contributed by atoms with Crippen molar-refractivity contribution < 1.29 is 9.66 Å². The van der Waals surface area contributed by atoms with E-state index in [1.807, 2.05) is 35.0 Å². The van der Waals surface area contributed by atoms with Gasteiger partial charge in [0.25, 0.3) is 5.69 Å². The minimum Gasteiger partial charge on any atom is -0.488 e. The van der Waals surface area contributed by atoms with E-state index >= 15 is 0 Å². The molecule has 3 aromatic rings. The van der Waals surface area contributed by atoms with E-state index in [1.165, 1.54) is 12.1 Å². The molecule has 156 valence electrons. The van der Waals surface area contributed by atoms with Crippen LogP contribution in [0.1, 0.15) is 12.0 Å². The maximum atomic E-state index is 11.1. The Balaban J connectivity index is 0.00000210. The third-order valence-corrected chi connectivity index (χ3v) is 4.40. The molecule has 0 bridgehead atoms. The molecular formula is C19H21Cl3N4O3. The van der Waals surface area contributed by atoms with Gasteiger partial charge in [0.2, 0.25) is 0 Å². The van der Waals surface area contributed by atoms with Crippen LogP contribution >= 0.6 is 36.4 Å². The lowest BCUT2D eigenvalue weighted by atomic mass is 10.1. The van der Waals surface area contributed by atoms with Crippen LogP contribution in [0.5, 0.6) is 5.75 Å². The number of nitro benzene ring substituents is 1. The molecule has 3 rings (SSSR count). The lowest BCUT2D eigenvalue weighted by Crippen LogP contribution is -2.23. The molecule has 0 saturated carbocycles. The minimum absolute atomic E-state index is 0. The molecule has 7 nitrogen and oxygen atoms in total. The van der Waals surface area contributed by atoms with E-state index in [1.54, 1.807) is 18.6 Å². The number of aryl methyl sites for hydroxylation is 1. The number of nitro groups is 1. The SMILES string of the molecule is Cl.Cl.Nc1ccc(OC(CCc2ccc(Cl)cc2)Cn2ccnc2)cc1[N+](=O)[O-]. The molecule has 1 unspecified atom stereocenters. The normalized spacial score (nSPS) is 11.1. The molecule has 1 heterocycles. The molecule has 2 N–H and O–H groups in total. The lowest BCUT2D eigenvalue weighted by molar-refractivity contribution is -0.384. The summed E-state index contributed by atoms with van der Waals surface area (Å²) in [4.78, 5) is 14.6. The van der Waals surface area contributed by atoms with E-state index in [-0.39, 0.29) is 42.3 Å². The number of hydrogen-bond donors (Lipinski definition) is 1. The van der Waals surface area contributed by atoms with Gasteiger partial charge in [-0.25, -0.2) is 4.98 Å². The first-order valence-electron chi connectivity index (χ1n) is 8.42. The second-order valence-electron chi connectivity index (χ2n) is 6.14. The highest BCUT2D eigenvalue weighted by Gasteiger charge is 2.17. The van der Waals surface area contributed by atoms with E-state index in [0.29, 0.717) is 17.3 Å². The highest BCUT2D eigenvalue weighted by atomic mass is 35.5. The van der Waals surface area contributed by atoms with E-state index in [9.17, 15) is 10.1 Å². The van der Waals surface area contributed by atoms with Crippen molar-refractivity contribution in [2.24, 2.45) is 0 Å². The molecule has 0 aliphatic heterocycles. The largest absolute Gasteiger partial charge is 0.488 e. The first kappa shape index (κ1) is 24.6. The standard InChI is InChI=1S/C19H19ClN4O3.2ClH/c20-15-4-1-14(2-5-15)3-6-17(12-23-10-9-22-13-23)27-16-7-8-18(21)19(11-16)24(25)26;;/h1-2,4-5,7-11,13,17H,3,6,12,21H2;2*1H. The highest BCUT2D eigenvalue weighted by molar-refractivity contribution is 6.30. The molecule has 0 aliphatic rings. The summed E-state index contributed by atoms with van der Waals surface area (Å²) in [7, 11) is 0. The van der Waals surface area contributed by atoms with Crippen LogP contribution < -0.4 is 10.5 Å². The number of benzene rings is 2. The van der Waals surface area contributed by atoms with Gasteiger partial charge in [-0.3, -0.25) is 10.1 Å². The second-order valence-corrected chi connectivity index (χ2v) is 6.58. The van der Waals surface area contributed by atoms with E-state index in [4.69, 9.17) is 22.1 Å². The zero-order chi connectivity index (χ0) is 19.2. The summed E-state index contributed by atoms with van der Waals surface area (Å²) in [6.07, 6.45) is 6.57. The van der Waals surface area contributed by atoms with Crippen LogP contribution in [0.3, 0.4) is 0 Å². The van der Waals surface area contributed by atoms with Gasteiger partial charge in [-0.15, -0.1) is 24.8 Å². The third-order valence-electron chi connectivity index (χ3n) is 4.14. The molecule has 0 amide bonds. The number of ether oxygens (including phenoxy) is 1. The van der Waals surface area contributed by atoms with E-state index in [2.05, 4.69) is 4.98 Å². The van der Waals surface area contributed by atoms with Crippen LogP contribution in [-0.2, 0) is 13.0 Å². The Morgan fingerprint density at radius 3 is 2.55 bits per heavy atom. The molecule has 29 heavy (non-hydrogen) atoms. The molecular weight excluding hydrogens is 439 g/mol. The fraction of sp³-hybridized carbons (Fsp3) is 0.211. The molecule has 0 fully saturated rings. The minimum atomic E-state index is -0.513. The Morgan fingerprint density at radius 2 is 1.93 bits per heavy atom. The molecule has 0 radical (unpaired) electrons. The monoisotopic (exact) mass is 458 g/mol. The number of hydrogen-bond acceptors (Lipinski definition) is 5. The quantitative estimate of drug-likeness (QED) is 0.292. The Labute approximate surface area is 185 Å². The van der Waals surface area contributed by atoms with Crippen molar-refractivity contribution in [1.82, 2.24) is 9.55 Å². The summed E-state index contributed by atoms with van der Waals surface area (Å²) in [6, 6.07) is 12.2. The summed E-state index contributed by atoms with van der Waals surface area (Å²) in [5, 5.41) is 11.8. The molecule has 2 aromatic carbocycles. The molecule has 0 saturated heterocycles. The van der Waals surface area contributed by atoms with Gasteiger partial charge in [-0.05, 0) is 42.7 Å². The first-order valence-corrected chi connectivity index (χ1v) is 8.80. The number of nitrogen functional groups attached to an aromatic ring is 1. The van der Waals surface area contributed by atoms with Crippen LogP contribution in [0.15, 0.2) is 61.2 Å². The van der Waals surface area contributed by atoms with Crippen molar-refractivity contribution in [1.29, 1.82) is 0 Å². The van der Waals surface area contributed by atoms with E-state index < -0.39 is 4.92 Å². The number of nitrogens with zero attached hydrogens (tertiary/aromatic N) is 3. The van der Waals surface area contributed by atoms with Gasteiger partial charge in [-0.1, -0.05) is 23.7 Å². The van der Waals surface area contributed by atoms with Crippen LogP contribution in [0.4, 0.5) is 11.4 Å². The summed E-state index contributed by atoms with van der Waals surface area (Å²) < 4.78 is 7.96. The van der Waals surface area contributed by atoms with Gasteiger partial charge in [0.1, 0.15) is 17.5 Å². The van der Waals surface area contributed by atoms with Gasteiger partial charge in [0.05, 0.1) is 23.9 Å². The molecule has 0 spiro atoms. The molecule has 1 atom stereocenters. The van der Waals surface area contributed by atoms with Crippen molar-refractivity contribution in [3.63, 3.8) is 0 Å². The summed E-state index contributed by atoms with van der Waals surface area (Å²) >= 11 is 5.93. The van der Waals surface area contributed by atoms with Gasteiger partial charge < -0.3 is 15.0 Å². The maximum absolute atomic E-state index is 11.1. The number of nitrogens with two attached hydrogens (primary N) is 1. The van der Waals surface area contributed by atoms with Crippen molar-refractivity contribution in [3.05, 3.63) is 81.9 Å². The highest BCUT2D eigenvalue weighted by Crippen LogP contribution is 2.28. The topological polar surface area (TPSA) is 96.2 Å². The Bertz CT molecular complexity index is 906. The number of anilines is 1. The summed E-state index contributed by atoms with van der Waals surface area (Å²) in [5.74, 6) is 0.414. The Morgan fingerprint density at radius 1 is 1.21 bits per heavy atom. The Hall–Kier alpha value is -2.48. The molecule has 0 aliphatic carbocycles. The van der Waals surface area contributed by atoms with Crippen LogP contribution in [0.2, 0.25) is 5.02 Å². The molecule has 1 aromatic heterocycles. The smallest absolute Gasteiger partial charge is 0.295 e. The van der Waals surface area contributed by atoms with Crippen LogP contribution in [0.25, 0.3) is 0 Å². The average Bonchev–Trinajstić information content (AvgIpc) is 3.15. The van der Waals surface area contributed by atoms with Gasteiger partial charge in [0.15, 0.2) is 0 Å². The first-order chi connectivity index (χ1) is 13.0. The number of rotatable bonds is 8. The third kappa shape index (κ3) is 7.12. The fourth-order valence-electron chi connectivity index (χ4n) is 2.74. The number of aromatic nitrogens is 2. The van der Waals surface area contributed by atoms with Gasteiger partial charge in [0, 0.05) is 17.4 Å². The predicted octanol–water partition coefficient (Wildman–Crippen LogP) is 4.95. The van der Waals surface area contributed by atoms with Crippen LogP contribution in [0, 0.1) is 10.1 Å². The van der Waals surface area contributed by atoms with Gasteiger partial charge >= 0.3 is 0 Å². The van der Waals surface area contributed by atoms with Crippen LogP contribution in [-0.4, -0.2) is 20.6 Å². The number of imidazole rings is 1. The zero-order valence-corrected chi connectivity index (χ0v) is 17.7. The van der Waals surface area contributed by atoms with Crippen molar-refractivity contribution in [2.45, 2.75) is 25.5 Å². The zero-order valence-electron chi connectivity index (χ0n) is 15.3. The summed E-state index contributed by atoms with van der Waals surface area (Å²) in [5.41, 5.74) is 6.75. The average molecular weight is 460 g/mol. The second kappa shape index (κ2) is 11.5.